The van der Waals surface area contributed by atoms with Gasteiger partial charge >= 0.3 is 0 Å². The van der Waals surface area contributed by atoms with E-state index in [1.807, 2.05) is 6.07 Å². The van der Waals surface area contributed by atoms with Crippen molar-refractivity contribution in [3.8, 4) is 0 Å². The second kappa shape index (κ2) is 7.84. The summed E-state index contributed by atoms with van der Waals surface area (Å²) >= 11 is 0. The Morgan fingerprint density at radius 1 is 1.33 bits per heavy atom. The maximum Gasteiger partial charge on any atom is 0.224 e. The van der Waals surface area contributed by atoms with Crippen LogP contribution in [0.25, 0.3) is 10.9 Å². The molecule has 0 bridgehead atoms. The van der Waals surface area contributed by atoms with Crippen LogP contribution in [0.4, 0.5) is 0 Å². The molecule has 2 aromatic rings. The van der Waals surface area contributed by atoms with Gasteiger partial charge < -0.3 is 15.6 Å². The highest BCUT2D eigenvalue weighted by Gasteiger charge is 2.14. The van der Waals surface area contributed by atoms with E-state index in [2.05, 4.69) is 47.3 Å². The lowest BCUT2D eigenvalue weighted by atomic mass is 10.0. The van der Waals surface area contributed by atoms with Gasteiger partial charge in [-0.25, -0.2) is 0 Å². The van der Waals surface area contributed by atoms with Crippen LogP contribution in [0.15, 0.2) is 36.5 Å². The summed E-state index contributed by atoms with van der Waals surface area (Å²) in [6.07, 6.45) is 4.88. The van der Waals surface area contributed by atoms with E-state index in [1.54, 1.807) is 0 Å². The minimum Gasteiger partial charge on any atom is -0.356 e. The third kappa shape index (κ3) is 4.08. The summed E-state index contributed by atoms with van der Waals surface area (Å²) in [4.78, 5) is 11.9. The highest BCUT2D eigenvalue weighted by molar-refractivity contribution is 5.80. The molecular formula is C17H25N3O. The van der Waals surface area contributed by atoms with Crippen molar-refractivity contribution in [2.45, 2.75) is 32.7 Å². The van der Waals surface area contributed by atoms with E-state index < -0.39 is 0 Å². The SMILES string of the molecule is CCCC(CN)C(=O)NCCCn1ccc2ccccc21. The molecule has 0 saturated carbocycles. The van der Waals surface area contributed by atoms with E-state index in [1.165, 1.54) is 10.9 Å². The fourth-order valence-corrected chi connectivity index (χ4v) is 2.65. The first-order valence-electron chi connectivity index (χ1n) is 7.78. The number of para-hydroxylation sites is 1. The van der Waals surface area contributed by atoms with Crippen LogP contribution in [0, 0.1) is 5.92 Å². The molecule has 0 aliphatic carbocycles. The molecular weight excluding hydrogens is 262 g/mol. The summed E-state index contributed by atoms with van der Waals surface area (Å²) in [5.74, 6) is 0.0547. The third-order valence-corrected chi connectivity index (χ3v) is 3.85. The molecule has 1 atom stereocenters. The molecule has 1 heterocycles. The molecule has 114 valence electrons. The van der Waals surface area contributed by atoms with Gasteiger partial charge in [-0.05, 0) is 30.4 Å². The molecule has 1 amide bonds. The number of nitrogens with zero attached hydrogens (tertiary/aromatic N) is 1. The molecule has 1 aromatic heterocycles. The highest BCUT2D eigenvalue weighted by Crippen LogP contribution is 2.15. The fraction of sp³-hybridized carbons (Fsp3) is 0.471. The number of nitrogens with one attached hydrogen (secondary N) is 1. The lowest BCUT2D eigenvalue weighted by molar-refractivity contribution is -0.124. The smallest absolute Gasteiger partial charge is 0.224 e. The van der Waals surface area contributed by atoms with Gasteiger partial charge in [0.25, 0.3) is 0 Å². The van der Waals surface area contributed by atoms with Gasteiger partial charge in [0.15, 0.2) is 0 Å². The number of nitrogens with two attached hydrogens (primary N) is 1. The number of aromatic nitrogens is 1. The van der Waals surface area contributed by atoms with Crippen LogP contribution < -0.4 is 11.1 Å². The highest BCUT2D eigenvalue weighted by atomic mass is 16.1. The second-order valence-electron chi connectivity index (χ2n) is 5.43. The first-order valence-corrected chi connectivity index (χ1v) is 7.78. The van der Waals surface area contributed by atoms with Crippen molar-refractivity contribution in [3.63, 3.8) is 0 Å². The van der Waals surface area contributed by atoms with Crippen LogP contribution in [0.5, 0.6) is 0 Å². The van der Waals surface area contributed by atoms with Crippen molar-refractivity contribution >= 4 is 16.8 Å². The Morgan fingerprint density at radius 2 is 2.14 bits per heavy atom. The Morgan fingerprint density at radius 3 is 2.90 bits per heavy atom. The van der Waals surface area contributed by atoms with E-state index in [4.69, 9.17) is 5.73 Å². The molecule has 2 rings (SSSR count). The van der Waals surface area contributed by atoms with Gasteiger partial charge in [0.1, 0.15) is 0 Å². The second-order valence-corrected chi connectivity index (χ2v) is 5.43. The molecule has 0 spiro atoms. The number of fused-ring (bicyclic) bond motifs is 1. The van der Waals surface area contributed by atoms with Crippen molar-refractivity contribution in [1.82, 2.24) is 9.88 Å². The van der Waals surface area contributed by atoms with Crippen LogP contribution in [-0.2, 0) is 11.3 Å². The molecule has 0 radical (unpaired) electrons. The third-order valence-electron chi connectivity index (χ3n) is 3.85. The zero-order chi connectivity index (χ0) is 15.1. The lowest BCUT2D eigenvalue weighted by Crippen LogP contribution is -2.35. The number of aryl methyl sites for hydroxylation is 1. The lowest BCUT2D eigenvalue weighted by Gasteiger charge is -2.14. The number of carbonyl (C=O) groups excluding carboxylic acids is 1. The molecule has 0 aliphatic heterocycles. The monoisotopic (exact) mass is 287 g/mol. The average Bonchev–Trinajstić information content (AvgIpc) is 2.92. The summed E-state index contributed by atoms with van der Waals surface area (Å²) in [6, 6.07) is 10.5. The van der Waals surface area contributed by atoms with Crippen molar-refractivity contribution in [1.29, 1.82) is 0 Å². The van der Waals surface area contributed by atoms with Crippen LogP contribution in [0.2, 0.25) is 0 Å². The zero-order valence-electron chi connectivity index (χ0n) is 12.7. The Hall–Kier alpha value is -1.81. The number of amides is 1. The van der Waals surface area contributed by atoms with E-state index >= 15 is 0 Å². The number of benzene rings is 1. The number of hydrogen-bond donors (Lipinski definition) is 2. The van der Waals surface area contributed by atoms with Crippen molar-refractivity contribution < 1.29 is 4.79 Å². The van der Waals surface area contributed by atoms with Gasteiger partial charge in [0.2, 0.25) is 5.91 Å². The summed E-state index contributed by atoms with van der Waals surface area (Å²) in [6.45, 7) is 4.12. The van der Waals surface area contributed by atoms with Crippen molar-refractivity contribution in [3.05, 3.63) is 36.5 Å². The van der Waals surface area contributed by atoms with Gasteiger partial charge in [-0.1, -0.05) is 31.5 Å². The summed E-state index contributed by atoms with van der Waals surface area (Å²) in [7, 11) is 0. The maximum absolute atomic E-state index is 11.9. The van der Waals surface area contributed by atoms with Crippen molar-refractivity contribution in [2.75, 3.05) is 13.1 Å². The first-order chi connectivity index (χ1) is 10.3. The van der Waals surface area contributed by atoms with Crippen LogP contribution in [0.1, 0.15) is 26.2 Å². The molecule has 0 fully saturated rings. The Bertz CT molecular complexity index is 576. The van der Waals surface area contributed by atoms with Gasteiger partial charge in [-0.3, -0.25) is 4.79 Å². The van der Waals surface area contributed by atoms with E-state index in [0.717, 1.165) is 25.8 Å². The fourth-order valence-electron chi connectivity index (χ4n) is 2.65. The number of carbonyl (C=O) groups is 1. The molecule has 1 unspecified atom stereocenters. The summed E-state index contributed by atoms with van der Waals surface area (Å²) in [5, 5.41) is 4.25. The topological polar surface area (TPSA) is 60.1 Å². The molecule has 4 nitrogen and oxygen atoms in total. The molecule has 3 N–H and O–H groups in total. The van der Waals surface area contributed by atoms with E-state index in [9.17, 15) is 4.79 Å². The predicted molar refractivity (Wildman–Crippen MR) is 87.0 cm³/mol. The van der Waals surface area contributed by atoms with E-state index in [-0.39, 0.29) is 11.8 Å². The van der Waals surface area contributed by atoms with Gasteiger partial charge in [-0.15, -0.1) is 0 Å². The Labute approximate surface area is 126 Å². The molecule has 4 heteroatoms. The maximum atomic E-state index is 11.9. The van der Waals surface area contributed by atoms with Gasteiger partial charge in [0.05, 0.1) is 5.92 Å². The average molecular weight is 287 g/mol. The van der Waals surface area contributed by atoms with Crippen LogP contribution in [0.3, 0.4) is 0 Å². The summed E-state index contributed by atoms with van der Waals surface area (Å²) < 4.78 is 2.23. The normalized spacial score (nSPS) is 12.5. The van der Waals surface area contributed by atoms with E-state index in [0.29, 0.717) is 13.1 Å². The van der Waals surface area contributed by atoms with Crippen molar-refractivity contribution in [2.24, 2.45) is 11.7 Å². The quantitative estimate of drug-likeness (QED) is 0.733. The molecule has 21 heavy (non-hydrogen) atoms. The predicted octanol–water partition coefficient (Wildman–Crippen LogP) is 2.52. The molecule has 0 saturated heterocycles. The summed E-state index contributed by atoms with van der Waals surface area (Å²) in [5.41, 5.74) is 6.88. The largest absolute Gasteiger partial charge is 0.356 e. The van der Waals surface area contributed by atoms with Gasteiger partial charge in [-0.2, -0.15) is 0 Å². The molecule has 0 aliphatic rings. The Kier molecular flexibility index (Phi) is 5.81. The standard InChI is InChI=1S/C17H25N3O/c1-2-6-15(13-18)17(21)19-10-5-11-20-12-9-14-7-3-4-8-16(14)20/h3-4,7-9,12,15H,2,5-6,10-11,13,18H2,1H3,(H,19,21). The van der Waals surface area contributed by atoms with Crippen LogP contribution >= 0.6 is 0 Å². The minimum atomic E-state index is -0.0394. The number of hydrogen-bond acceptors (Lipinski definition) is 2. The Balaban J connectivity index is 1.78. The van der Waals surface area contributed by atoms with Crippen LogP contribution in [-0.4, -0.2) is 23.6 Å². The number of rotatable bonds is 8. The first kappa shape index (κ1) is 15.6. The minimum absolute atomic E-state index is 0.0394. The molecule has 1 aromatic carbocycles. The van der Waals surface area contributed by atoms with Gasteiger partial charge in [0, 0.05) is 31.3 Å². The zero-order valence-corrected chi connectivity index (χ0v) is 12.7.